The highest BCUT2D eigenvalue weighted by atomic mass is 16.5. The van der Waals surface area contributed by atoms with Crippen LogP contribution in [0.1, 0.15) is 31.1 Å². The third-order valence-electron chi connectivity index (χ3n) is 3.02. The Bertz CT molecular complexity index is 472. The maximum absolute atomic E-state index is 12.1. The molecule has 0 spiro atoms. The molecule has 0 atom stereocenters. The first kappa shape index (κ1) is 16.0. The summed E-state index contributed by atoms with van der Waals surface area (Å²) >= 11 is 0. The van der Waals surface area contributed by atoms with Crippen LogP contribution in [0.4, 0.5) is 0 Å². The van der Waals surface area contributed by atoms with Crippen molar-refractivity contribution in [3.8, 4) is 5.75 Å². The van der Waals surface area contributed by atoms with Gasteiger partial charge in [0.05, 0.1) is 12.7 Å². The Balaban J connectivity index is 2.57. The van der Waals surface area contributed by atoms with E-state index in [9.17, 15) is 9.59 Å². The maximum atomic E-state index is 12.1. The van der Waals surface area contributed by atoms with E-state index in [1.54, 1.807) is 23.1 Å². The molecule has 0 saturated carbocycles. The van der Waals surface area contributed by atoms with Crippen molar-refractivity contribution in [3.05, 3.63) is 29.8 Å². The van der Waals surface area contributed by atoms with E-state index in [4.69, 9.17) is 4.74 Å². The van der Waals surface area contributed by atoms with Crippen LogP contribution >= 0.6 is 0 Å². The Morgan fingerprint density at radius 2 is 1.95 bits per heavy atom. The summed E-state index contributed by atoms with van der Waals surface area (Å²) in [6.07, 6.45) is 0. The van der Waals surface area contributed by atoms with Crippen molar-refractivity contribution >= 4 is 11.8 Å². The van der Waals surface area contributed by atoms with Crippen molar-refractivity contribution in [1.82, 2.24) is 10.2 Å². The van der Waals surface area contributed by atoms with E-state index < -0.39 is 0 Å². The standard InChI is InChI=1S/C15H22N2O3/c1-11(2)17(12(3)18)10-9-16-15(19)13-7-5-6-8-14(13)20-4/h5-8,11H,9-10H2,1-4H3,(H,16,19). The number of nitrogens with one attached hydrogen (secondary N) is 1. The number of para-hydroxylation sites is 1. The minimum Gasteiger partial charge on any atom is -0.496 e. The summed E-state index contributed by atoms with van der Waals surface area (Å²) in [7, 11) is 1.53. The van der Waals surface area contributed by atoms with Crippen molar-refractivity contribution in [2.45, 2.75) is 26.8 Å². The Morgan fingerprint density at radius 1 is 1.30 bits per heavy atom. The number of nitrogens with zero attached hydrogens (tertiary/aromatic N) is 1. The fourth-order valence-corrected chi connectivity index (χ4v) is 2.00. The van der Waals surface area contributed by atoms with Crippen LogP contribution in [0.15, 0.2) is 24.3 Å². The molecule has 0 radical (unpaired) electrons. The Hall–Kier alpha value is -2.04. The number of carbonyl (C=O) groups is 2. The van der Waals surface area contributed by atoms with Gasteiger partial charge in [-0.2, -0.15) is 0 Å². The molecule has 0 aliphatic rings. The average Bonchev–Trinajstić information content (AvgIpc) is 2.42. The molecule has 0 fully saturated rings. The lowest BCUT2D eigenvalue weighted by atomic mass is 10.2. The third kappa shape index (κ3) is 4.26. The lowest BCUT2D eigenvalue weighted by Gasteiger charge is -2.25. The van der Waals surface area contributed by atoms with Crippen LogP contribution in [0.3, 0.4) is 0 Å². The van der Waals surface area contributed by atoms with Gasteiger partial charge in [0.25, 0.3) is 5.91 Å². The molecule has 0 heterocycles. The first-order chi connectivity index (χ1) is 9.47. The van der Waals surface area contributed by atoms with E-state index in [1.807, 2.05) is 19.9 Å². The number of amides is 2. The van der Waals surface area contributed by atoms with E-state index in [1.165, 1.54) is 14.0 Å². The van der Waals surface area contributed by atoms with Gasteiger partial charge in [0, 0.05) is 26.1 Å². The van der Waals surface area contributed by atoms with Crippen molar-refractivity contribution in [2.24, 2.45) is 0 Å². The largest absolute Gasteiger partial charge is 0.496 e. The summed E-state index contributed by atoms with van der Waals surface area (Å²) < 4.78 is 5.14. The van der Waals surface area contributed by atoms with Crippen molar-refractivity contribution in [3.63, 3.8) is 0 Å². The van der Waals surface area contributed by atoms with Gasteiger partial charge >= 0.3 is 0 Å². The van der Waals surface area contributed by atoms with Crippen LogP contribution in [-0.4, -0.2) is 43.0 Å². The zero-order chi connectivity index (χ0) is 15.1. The van der Waals surface area contributed by atoms with E-state index >= 15 is 0 Å². The minimum absolute atomic E-state index is 0.00606. The normalized spacial score (nSPS) is 10.2. The van der Waals surface area contributed by atoms with Gasteiger partial charge in [0.1, 0.15) is 5.75 Å². The predicted octanol–water partition coefficient (Wildman–Crippen LogP) is 1.68. The molecule has 110 valence electrons. The summed E-state index contributed by atoms with van der Waals surface area (Å²) in [5.74, 6) is 0.346. The number of hydrogen-bond donors (Lipinski definition) is 1. The van der Waals surface area contributed by atoms with Gasteiger partial charge in [-0.05, 0) is 26.0 Å². The molecular weight excluding hydrogens is 256 g/mol. The second kappa shape index (κ2) is 7.53. The third-order valence-corrected chi connectivity index (χ3v) is 3.02. The number of methoxy groups -OCH3 is 1. The van der Waals surface area contributed by atoms with Crippen LogP contribution in [0, 0.1) is 0 Å². The molecule has 1 rings (SSSR count). The van der Waals surface area contributed by atoms with Gasteiger partial charge in [-0.1, -0.05) is 12.1 Å². The van der Waals surface area contributed by atoms with Crippen LogP contribution in [0.25, 0.3) is 0 Å². The van der Waals surface area contributed by atoms with Crippen molar-refractivity contribution < 1.29 is 14.3 Å². The molecule has 5 heteroatoms. The van der Waals surface area contributed by atoms with Crippen LogP contribution in [0.5, 0.6) is 5.75 Å². The molecule has 5 nitrogen and oxygen atoms in total. The van der Waals surface area contributed by atoms with Crippen LogP contribution in [-0.2, 0) is 4.79 Å². The topological polar surface area (TPSA) is 58.6 Å². The lowest BCUT2D eigenvalue weighted by Crippen LogP contribution is -2.41. The molecule has 0 saturated heterocycles. The molecule has 0 bridgehead atoms. The minimum atomic E-state index is -0.199. The van der Waals surface area contributed by atoms with E-state index in [2.05, 4.69) is 5.32 Å². The molecule has 0 aliphatic heterocycles. The number of hydrogen-bond acceptors (Lipinski definition) is 3. The van der Waals surface area contributed by atoms with Gasteiger partial charge < -0.3 is 15.0 Å². The molecule has 0 aromatic heterocycles. The summed E-state index contributed by atoms with van der Waals surface area (Å²) in [6, 6.07) is 7.17. The lowest BCUT2D eigenvalue weighted by molar-refractivity contribution is -0.130. The van der Waals surface area contributed by atoms with Gasteiger partial charge in [-0.3, -0.25) is 9.59 Å². The van der Waals surface area contributed by atoms with Crippen molar-refractivity contribution in [2.75, 3.05) is 20.2 Å². The van der Waals surface area contributed by atoms with Gasteiger partial charge in [-0.25, -0.2) is 0 Å². The quantitative estimate of drug-likeness (QED) is 0.861. The fraction of sp³-hybridized carbons (Fsp3) is 0.467. The number of ether oxygens (including phenoxy) is 1. The molecule has 1 N–H and O–H groups in total. The van der Waals surface area contributed by atoms with Crippen LogP contribution in [0.2, 0.25) is 0 Å². The van der Waals surface area contributed by atoms with Crippen molar-refractivity contribution in [1.29, 1.82) is 0 Å². The molecule has 0 aliphatic carbocycles. The zero-order valence-corrected chi connectivity index (χ0v) is 12.5. The van der Waals surface area contributed by atoms with E-state index in [-0.39, 0.29) is 17.9 Å². The summed E-state index contributed by atoms with van der Waals surface area (Å²) in [6.45, 7) is 6.33. The molecule has 2 amide bonds. The fourth-order valence-electron chi connectivity index (χ4n) is 2.00. The number of carbonyl (C=O) groups excluding carboxylic acids is 2. The first-order valence-corrected chi connectivity index (χ1v) is 6.65. The Morgan fingerprint density at radius 3 is 2.50 bits per heavy atom. The smallest absolute Gasteiger partial charge is 0.255 e. The number of benzene rings is 1. The predicted molar refractivity (Wildman–Crippen MR) is 77.9 cm³/mol. The van der Waals surface area contributed by atoms with Crippen LogP contribution < -0.4 is 10.1 Å². The highest BCUT2D eigenvalue weighted by Crippen LogP contribution is 2.16. The zero-order valence-electron chi connectivity index (χ0n) is 12.5. The highest BCUT2D eigenvalue weighted by Gasteiger charge is 2.14. The maximum Gasteiger partial charge on any atom is 0.255 e. The van der Waals surface area contributed by atoms with E-state index in [0.717, 1.165) is 0 Å². The number of rotatable bonds is 6. The first-order valence-electron chi connectivity index (χ1n) is 6.65. The highest BCUT2D eigenvalue weighted by molar-refractivity contribution is 5.96. The van der Waals surface area contributed by atoms with Gasteiger partial charge in [-0.15, -0.1) is 0 Å². The molecular formula is C15H22N2O3. The molecule has 0 unspecified atom stereocenters. The SMILES string of the molecule is COc1ccccc1C(=O)NCCN(C(C)=O)C(C)C. The molecule has 1 aromatic rings. The Kier molecular flexibility index (Phi) is 6.03. The molecule has 1 aromatic carbocycles. The molecule has 20 heavy (non-hydrogen) atoms. The summed E-state index contributed by atoms with van der Waals surface area (Å²) in [5.41, 5.74) is 0.494. The second-order valence-electron chi connectivity index (χ2n) is 4.76. The van der Waals surface area contributed by atoms with Gasteiger partial charge in [0.2, 0.25) is 5.91 Å². The second-order valence-corrected chi connectivity index (χ2v) is 4.76. The average molecular weight is 278 g/mol. The Labute approximate surface area is 119 Å². The summed E-state index contributed by atoms with van der Waals surface area (Å²) in [4.78, 5) is 25.2. The van der Waals surface area contributed by atoms with E-state index in [0.29, 0.717) is 24.4 Å². The monoisotopic (exact) mass is 278 g/mol. The summed E-state index contributed by atoms with van der Waals surface area (Å²) in [5, 5.41) is 2.80. The van der Waals surface area contributed by atoms with Gasteiger partial charge in [0.15, 0.2) is 0 Å².